The van der Waals surface area contributed by atoms with Crippen molar-refractivity contribution >= 4 is 31.9 Å². The van der Waals surface area contributed by atoms with Gasteiger partial charge >= 0.3 is 5.97 Å². The number of benzene rings is 2. The largest absolute Gasteiger partial charge is 0.497 e. The number of carbonyl (C=O) groups excluding carboxylic acids is 1. The van der Waals surface area contributed by atoms with Gasteiger partial charge in [-0.2, -0.15) is 0 Å². The van der Waals surface area contributed by atoms with E-state index < -0.39 is 26.9 Å². The number of methoxy groups -OCH3 is 2. The molecule has 1 N–H and O–H groups in total. The van der Waals surface area contributed by atoms with Gasteiger partial charge in [-0.05, 0) is 36.8 Å². The first-order valence-electron chi connectivity index (χ1n) is 7.73. The van der Waals surface area contributed by atoms with E-state index in [0.29, 0.717) is 11.3 Å². The predicted octanol–water partition coefficient (Wildman–Crippen LogP) is 2.96. The van der Waals surface area contributed by atoms with E-state index >= 15 is 0 Å². The summed E-state index contributed by atoms with van der Waals surface area (Å²) in [5.74, 6) is 0.0375. The fraction of sp³-hybridized carbons (Fsp3) is 0.278. The molecule has 8 heteroatoms. The van der Waals surface area contributed by atoms with E-state index in [-0.39, 0.29) is 4.90 Å². The number of esters is 1. The summed E-state index contributed by atoms with van der Waals surface area (Å²) in [4.78, 5) is 11.2. The second kappa shape index (κ2) is 8.66. The third-order valence-electron chi connectivity index (χ3n) is 3.81. The summed E-state index contributed by atoms with van der Waals surface area (Å²) < 4.78 is 38.0. The van der Waals surface area contributed by atoms with Crippen molar-refractivity contribution in [3.63, 3.8) is 0 Å². The molecule has 0 saturated carbocycles. The fourth-order valence-corrected chi connectivity index (χ4v) is 4.35. The highest BCUT2D eigenvalue weighted by Crippen LogP contribution is 2.27. The molecule has 0 fully saturated rings. The van der Waals surface area contributed by atoms with Crippen molar-refractivity contribution in [3.8, 4) is 5.75 Å². The van der Waals surface area contributed by atoms with Crippen molar-refractivity contribution in [2.45, 2.75) is 22.7 Å². The molecule has 0 amide bonds. The van der Waals surface area contributed by atoms with Gasteiger partial charge in [0.1, 0.15) is 10.6 Å². The van der Waals surface area contributed by atoms with Gasteiger partial charge in [0.05, 0.1) is 25.2 Å². The van der Waals surface area contributed by atoms with E-state index in [9.17, 15) is 13.2 Å². The summed E-state index contributed by atoms with van der Waals surface area (Å²) in [5.41, 5.74) is 1.54. The maximum Gasteiger partial charge on any atom is 0.321 e. The Kier molecular flexibility index (Phi) is 6.80. The molecular formula is C18H20BrNO5S. The molecule has 140 valence electrons. The molecule has 0 spiro atoms. The van der Waals surface area contributed by atoms with Gasteiger partial charge < -0.3 is 9.47 Å². The number of hydrogen-bond acceptors (Lipinski definition) is 5. The van der Waals surface area contributed by atoms with E-state index in [1.54, 1.807) is 36.4 Å². The van der Waals surface area contributed by atoms with Crippen LogP contribution >= 0.6 is 15.9 Å². The molecule has 0 aliphatic heterocycles. The lowest BCUT2D eigenvalue weighted by Crippen LogP contribution is -2.37. The number of carbonyl (C=O) groups is 1. The quantitative estimate of drug-likeness (QED) is 0.527. The zero-order valence-electron chi connectivity index (χ0n) is 14.6. The summed E-state index contributed by atoms with van der Waals surface area (Å²) in [7, 11) is -1.06. The van der Waals surface area contributed by atoms with Crippen LogP contribution in [0.1, 0.15) is 17.2 Å². The van der Waals surface area contributed by atoms with Crippen LogP contribution < -0.4 is 9.46 Å². The van der Waals surface area contributed by atoms with E-state index in [1.165, 1.54) is 26.4 Å². The van der Waals surface area contributed by atoms with Crippen molar-refractivity contribution in [1.29, 1.82) is 0 Å². The van der Waals surface area contributed by atoms with Crippen molar-refractivity contribution < 1.29 is 22.7 Å². The second-order valence-corrected chi connectivity index (χ2v) is 8.31. The van der Waals surface area contributed by atoms with Crippen molar-refractivity contribution in [2.24, 2.45) is 0 Å². The molecule has 0 saturated heterocycles. The van der Waals surface area contributed by atoms with Crippen LogP contribution in [-0.4, -0.2) is 33.4 Å². The molecule has 0 unspecified atom stereocenters. The third-order valence-corrected chi connectivity index (χ3v) is 6.17. The van der Waals surface area contributed by atoms with Crippen LogP contribution in [-0.2, 0) is 19.6 Å². The summed E-state index contributed by atoms with van der Waals surface area (Å²) in [5, 5.41) is 0. The standard InChI is InChI=1S/C18H20BrNO5S/c1-12-4-10-15(11-5-12)26(22,23)20-17(16(19)18(21)25-3)13-6-8-14(24-2)9-7-13/h4-11,16-17,20H,1-3H3/t16-,17-/m1/s1. The molecular weight excluding hydrogens is 422 g/mol. The number of nitrogens with one attached hydrogen (secondary N) is 1. The normalized spacial score (nSPS) is 13.7. The Balaban J connectivity index is 2.39. The molecule has 0 aliphatic carbocycles. The van der Waals surface area contributed by atoms with Crippen LogP contribution in [0.2, 0.25) is 0 Å². The number of alkyl halides is 1. The molecule has 2 aromatic rings. The average molecular weight is 442 g/mol. The van der Waals surface area contributed by atoms with E-state index in [4.69, 9.17) is 9.47 Å². The van der Waals surface area contributed by atoms with Crippen LogP contribution in [0.4, 0.5) is 0 Å². The minimum atomic E-state index is -3.85. The van der Waals surface area contributed by atoms with E-state index in [1.807, 2.05) is 6.92 Å². The average Bonchev–Trinajstić information content (AvgIpc) is 2.65. The van der Waals surface area contributed by atoms with Crippen molar-refractivity contribution in [3.05, 3.63) is 59.7 Å². The first kappa shape index (κ1) is 20.4. The smallest absolute Gasteiger partial charge is 0.321 e. The molecule has 0 bridgehead atoms. The lowest BCUT2D eigenvalue weighted by Gasteiger charge is -2.23. The molecule has 0 radical (unpaired) electrons. The number of sulfonamides is 1. The first-order valence-corrected chi connectivity index (χ1v) is 10.1. The fourth-order valence-electron chi connectivity index (χ4n) is 2.31. The van der Waals surface area contributed by atoms with Gasteiger partial charge in [-0.3, -0.25) is 4.79 Å². The molecule has 2 atom stereocenters. The Bertz CT molecular complexity index is 850. The van der Waals surface area contributed by atoms with Gasteiger partial charge in [-0.15, -0.1) is 0 Å². The molecule has 0 aromatic heterocycles. The maximum atomic E-state index is 12.8. The lowest BCUT2D eigenvalue weighted by atomic mass is 10.0. The van der Waals surface area contributed by atoms with Crippen LogP contribution in [0, 0.1) is 6.92 Å². The highest BCUT2D eigenvalue weighted by molar-refractivity contribution is 9.10. The van der Waals surface area contributed by atoms with Gasteiger partial charge in [0.2, 0.25) is 10.0 Å². The van der Waals surface area contributed by atoms with Gasteiger partial charge in [-0.25, -0.2) is 13.1 Å². The summed E-state index contributed by atoms with van der Waals surface area (Å²) >= 11 is 3.25. The second-order valence-electron chi connectivity index (χ2n) is 5.61. The van der Waals surface area contributed by atoms with Gasteiger partial charge in [0.25, 0.3) is 0 Å². The zero-order valence-corrected chi connectivity index (χ0v) is 17.0. The van der Waals surface area contributed by atoms with Crippen molar-refractivity contribution in [2.75, 3.05) is 14.2 Å². The number of halogens is 1. The molecule has 0 heterocycles. The van der Waals surface area contributed by atoms with Crippen LogP contribution in [0.3, 0.4) is 0 Å². The van der Waals surface area contributed by atoms with Crippen LogP contribution in [0.15, 0.2) is 53.4 Å². The van der Waals surface area contributed by atoms with Gasteiger partial charge in [-0.1, -0.05) is 45.8 Å². The molecule has 6 nitrogen and oxygen atoms in total. The number of rotatable bonds is 7. The highest BCUT2D eigenvalue weighted by atomic mass is 79.9. The molecule has 0 aliphatic rings. The highest BCUT2D eigenvalue weighted by Gasteiger charge is 2.32. The summed E-state index contributed by atoms with van der Waals surface area (Å²) in [6.45, 7) is 1.87. The van der Waals surface area contributed by atoms with Gasteiger partial charge in [0, 0.05) is 0 Å². The minimum Gasteiger partial charge on any atom is -0.497 e. The molecule has 2 aromatic carbocycles. The SMILES string of the molecule is COC(=O)[C@H](Br)[C@H](NS(=O)(=O)c1ccc(C)cc1)c1ccc(OC)cc1. The van der Waals surface area contributed by atoms with Gasteiger partial charge in [0.15, 0.2) is 0 Å². The summed E-state index contributed by atoms with van der Waals surface area (Å²) in [6, 6.07) is 12.4. The lowest BCUT2D eigenvalue weighted by molar-refractivity contribution is -0.140. The Morgan fingerprint density at radius 2 is 1.62 bits per heavy atom. The maximum absolute atomic E-state index is 12.8. The molecule has 26 heavy (non-hydrogen) atoms. The Morgan fingerprint density at radius 1 is 1.04 bits per heavy atom. The van der Waals surface area contributed by atoms with Crippen LogP contribution in [0.25, 0.3) is 0 Å². The summed E-state index contributed by atoms with van der Waals surface area (Å²) in [6.07, 6.45) is 0. The number of ether oxygens (including phenoxy) is 2. The Morgan fingerprint density at radius 3 is 2.12 bits per heavy atom. The van der Waals surface area contributed by atoms with Crippen molar-refractivity contribution in [1.82, 2.24) is 4.72 Å². The molecule has 2 rings (SSSR count). The minimum absolute atomic E-state index is 0.117. The Labute approximate surface area is 161 Å². The van der Waals surface area contributed by atoms with Crippen LogP contribution in [0.5, 0.6) is 5.75 Å². The number of hydrogen-bond donors (Lipinski definition) is 1. The number of aryl methyl sites for hydroxylation is 1. The van der Waals surface area contributed by atoms with E-state index in [0.717, 1.165) is 5.56 Å². The predicted molar refractivity (Wildman–Crippen MR) is 102 cm³/mol. The third kappa shape index (κ3) is 4.84. The zero-order chi connectivity index (χ0) is 19.3. The first-order chi connectivity index (χ1) is 12.3. The Hall–Kier alpha value is -1.90. The monoisotopic (exact) mass is 441 g/mol. The van der Waals surface area contributed by atoms with E-state index in [2.05, 4.69) is 20.7 Å². The topological polar surface area (TPSA) is 81.7 Å².